The summed E-state index contributed by atoms with van der Waals surface area (Å²) in [5.74, 6) is -1.30. The van der Waals surface area contributed by atoms with Crippen molar-refractivity contribution in [2.24, 2.45) is 0 Å². The van der Waals surface area contributed by atoms with E-state index < -0.39 is 23.1 Å². The predicted molar refractivity (Wildman–Crippen MR) is 81.7 cm³/mol. The van der Waals surface area contributed by atoms with Crippen molar-refractivity contribution in [1.29, 1.82) is 0 Å². The molecule has 1 saturated heterocycles. The van der Waals surface area contributed by atoms with Gasteiger partial charge in [0.15, 0.2) is 0 Å². The Bertz CT molecular complexity index is 932. The molecule has 3 heterocycles. The van der Waals surface area contributed by atoms with Crippen LogP contribution in [0, 0.1) is 12.4 Å². The third-order valence-electron chi connectivity index (χ3n) is 5.11. The molecule has 4 rings (SSSR count). The standard InChI is InChI=1S/C17H15FN2O4/c1-16-7-11(21)17(2,24-16)13-12(16)14(22)20(15(13)23)8-4-5-10(19-3)9(18)6-8/h4-6,11,21-23H,7H2,1-2H3/t11-,16?,17?/m0/s1. The molecule has 1 aromatic carbocycles. The summed E-state index contributed by atoms with van der Waals surface area (Å²) < 4.78 is 20.9. The van der Waals surface area contributed by atoms with Crippen LogP contribution in [0.3, 0.4) is 0 Å². The average molecular weight is 330 g/mol. The second-order valence-electron chi connectivity index (χ2n) is 6.64. The predicted octanol–water partition coefficient (Wildman–Crippen LogP) is 2.80. The Balaban J connectivity index is 1.98. The molecule has 0 aliphatic carbocycles. The third-order valence-corrected chi connectivity index (χ3v) is 5.11. The van der Waals surface area contributed by atoms with Crippen LogP contribution in [0.5, 0.6) is 11.8 Å². The zero-order valence-electron chi connectivity index (χ0n) is 13.0. The lowest BCUT2D eigenvalue weighted by molar-refractivity contribution is -0.0936. The molecule has 2 bridgehead atoms. The molecule has 1 fully saturated rings. The van der Waals surface area contributed by atoms with Crippen molar-refractivity contribution < 1.29 is 24.4 Å². The number of halogens is 1. The van der Waals surface area contributed by atoms with Crippen LogP contribution in [-0.2, 0) is 15.9 Å². The van der Waals surface area contributed by atoms with E-state index in [0.29, 0.717) is 17.5 Å². The second-order valence-corrected chi connectivity index (χ2v) is 6.64. The minimum Gasteiger partial charge on any atom is -0.494 e. The molecule has 2 aliphatic heterocycles. The minimum atomic E-state index is -1.13. The number of nitrogens with zero attached hydrogens (tertiary/aromatic N) is 2. The molecule has 0 amide bonds. The first-order chi connectivity index (χ1) is 11.2. The van der Waals surface area contributed by atoms with Crippen LogP contribution in [0.25, 0.3) is 10.5 Å². The molecule has 0 saturated carbocycles. The quantitative estimate of drug-likeness (QED) is 0.703. The van der Waals surface area contributed by atoms with Gasteiger partial charge in [0.25, 0.3) is 0 Å². The van der Waals surface area contributed by atoms with Crippen molar-refractivity contribution in [3.63, 3.8) is 0 Å². The van der Waals surface area contributed by atoms with E-state index in [4.69, 9.17) is 11.3 Å². The number of aliphatic hydroxyl groups is 1. The van der Waals surface area contributed by atoms with Gasteiger partial charge in [-0.05, 0) is 26.0 Å². The number of aromatic hydroxyl groups is 2. The summed E-state index contributed by atoms with van der Waals surface area (Å²) in [7, 11) is 0. The highest BCUT2D eigenvalue weighted by atomic mass is 19.1. The topological polar surface area (TPSA) is 79.2 Å². The monoisotopic (exact) mass is 330 g/mol. The molecule has 7 heteroatoms. The number of benzene rings is 1. The molecule has 0 radical (unpaired) electrons. The molecule has 0 spiro atoms. The normalized spacial score (nSPS) is 30.4. The Morgan fingerprint density at radius 2 is 1.96 bits per heavy atom. The van der Waals surface area contributed by atoms with Crippen LogP contribution in [0.15, 0.2) is 18.2 Å². The molecule has 2 unspecified atom stereocenters. The van der Waals surface area contributed by atoms with Gasteiger partial charge in [-0.3, -0.25) is 4.57 Å². The van der Waals surface area contributed by atoms with Crippen molar-refractivity contribution in [3.05, 3.63) is 46.6 Å². The van der Waals surface area contributed by atoms with Crippen LogP contribution < -0.4 is 0 Å². The summed E-state index contributed by atoms with van der Waals surface area (Å²) in [4.78, 5) is 3.05. The van der Waals surface area contributed by atoms with E-state index in [1.165, 1.54) is 12.1 Å². The molecule has 24 heavy (non-hydrogen) atoms. The maximum Gasteiger partial charge on any atom is 0.222 e. The van der Waals surface area contributed by atoms with Gasteiger partial charge in [0.1, 0.15) is 11.4 Å². The lowest BCUT2D eigenvalue weighted by Crippen LogP contribution is -2.32. The Morgan fingerprint density at radius 1 is 1.29 bits per heavy atom. The molecule has 3 N–H and O–H groups in total. The fraction of sp³-hybridized carbons (Fsp3) is 0.353. The molecule has 2 aliphatic rings. The van der Waals surface area contributed by atoms with Gasteiger partial charge in [-0.15, -0.1) is 0 Å². The van der Waals surface area contributed by atoms with E-state index in [1.54, 1.807) is 13.8 Å². The third kappa shape index (κ3) is 1.54. The van der Waals surface area contributed by atoms with E-state index in [9.17, 15) is 19.7 Å². The largest absolute Gasteiger partial charge is 0.494 e. The van der Waals surface area contributed by atoms with E-state index in [-0.39, 0.29) is 23.1 Å². The van der Waals surface area contributed by atoms with Gasteiger partial charge in [-0.2, -0.15) is 0 Å². The zero-order valence-corrected chi connectivity index (χ0v) is 13.0. The number of ether oxygens (including phenoxy) is 1. The number of rotatable bonds is 1. The first-order valence-electron chi connectivity index (χ1n) is 7.46. The van der Waals surface area contributed by atoms with Crippen molar-refractivity contribution in [3.8, 4) is 17.4 Å². The summed E-state index contributed by atoms with van der Waals surface area (Å²) >= 11 is 0. The van der Waals surface area contributed by atoms with Gasteiger partial charge in [0.05, 0.1) is 35.1 Å². The van der Waals surface area contributed by atoms with Crippen LogP contribution in [0.2, 0.25) is 0 Å². The van der Waals surface area contributed by atoms with Crippen LogP contribution in [0.4, 0.5) is 10.1 Å². The van der Waals surface area contributed by atoms with Crippen LogP contribution in [-0.4, -0.2) is 26.0 Å². The highest BCUT2D eigenvalue weighted by Gasteiger charge is 2.64. The number of hydrogen-bond donors (Lipinski definition) is 3. The lowest BCUT2D eigenvalue weighted by Gasteiger charge is -2.25. The molecule has 6 nitrogen and oxygen atoms in total. The van der Waals surface area contributed by atoms with Gasteiger partial charge in [0, 0.05) is 6.42 Å². The summed E-state index contributed by atoms with van der Waals surface area (Å²) in [5, 5.41) is 31.6. The number of aromatic nitrogens is 1. The fourth-order valence-electron chi connectivity index (χ4n) is 4.00. The molecular weight excluding hydrogens is 315 g/mol. The Hall–Kier alpha value is -2.56. The summed E-state index contributed by atoms with van der Waals surface area (Å²) in [6, 6.07) is 3.80. The number of fused-ring (bicyclic) bond motifs is 5. The van der Waals surface area contributed by atoms with Gasteiger partial charge in [0.2, 0.25) is 17.4 Å². The lowest BCUT2D eigenvalue weighted by atomic mass is 9.78. The maximum atomic E-state index is 13.9. The van der Waals surface area contributed by atoms with E-state index in [2.05, 4.69) is 4.85 Å². The Labute approximate surface area is 137 Å². The smallest absolute Gasteiger partial charge is 0.222 e. The van der Waals surface area contributed by atoms with Crippen molar-refractivity contribution in [2.75, 3.05) is 0 Å². The summed E-state index contributed by atoms with van der Waals surface area (Å²) in [5.41, 5.74) is -1.30. The SMILES string of the molecule is [C-]#[N+]c1ccc(-n2c(O)c3c(c2O)C2(C)OC3(C)C[C@@H]2O)cc1F. The van der Waals surface area contributed by atoms with E-state index >= 15 is 0 Å². The summed E-state index contributed by atoms with van der Waals surface area (Å²) in [6.07, 6.45) is -0.532. The highest BCUT2D eigenvalue weighted by molar-refractivity contribution is 5.62. The average Bonchev–Trinajstić information content (AvgIpc) is 3.01. The highest BCUT2D eigenvalue weighted by Crippen LogP contribution is 2.64. The van der Waals surface area contributed by atoms with Gasteiger partial charge < -0.3 is 20.1 Å². The van der Waals surface area contributed by atoms with Crippen LogP contribution in [0.1, 0.15) is 31.4 Å². The molecule has 1 aromatic heterocycles. The molecule has 2 aromatic rings. The molecular formula is C17H15FN2O4. The van der Waals surface area contributed by atoms with E-state index in [1.807, 2.05) is 0 Å². The van der Waals surface area contributed by atoms with Crippen molar-refractivity contribution in [1.82, 2.24) is 4.57 Å². The summed E-state index contributed by atoms with van der Waals surface area (Å²) in [6.45, 7) is 10.3. The Morgan fingerprint density at radius 3 is 2.58 bits per heavy atom. The molecule has 3 atom stereocenters. The van der Waals surface area contributed by atoms with E-state index in [0.717, 1.165) is 10.6 Å². The van der Waals surface area contributed by atoms with Crippen molar-refractivity contribution in [2.45, 2.75) is 37.6 Å². The second kappa shape index (κ2) is 4.29. The minimum absolute atomic E-state index is 0.143. The maximum absolute atomic E-state index is 13.9. The van der Waals surface area contributed by atoms with Gasteiger partial charge in [-0.25, -0.2) is 9.24 Å². The van der Waals surface area contributed by atoms with Gasteiger partial charge >= 0.3 is 0 Å². The number of hydrogen-bond acceptors (Lipinski definition) is 4. The fourth-order valence-corrected chi connectivity index (χ4v) is 4.00. The van der Waals surface area contributed by atoms with Gasteiger partial charge in [-0.1, -0.05) is 6.07 Å². The number of aliphatic hydroxyl groups excluding tert-OH is 1. The van der Waals surface area contributed by atoms with Crippen LogP contribution >= 0.6 is 0 Å². The first-order valence-corrected chi connectivity index (χ1v) is 7.46. The Kier molecular flexibility index (Phi) is 2.68. The first kappa shape index (κ1) is 15.0. The molecule has 124 valence electrons. The van der Waals surface area contributed by atoms with Crippen molar-refractivity contribution >= 4 is 5.69 Å². The zero-order chi connectivity index (χ0) is 17.4.